The van der Waals surface area contributed by atoms with Crippen molar-refractivity contribution in [2.24, 2.45) is 0 Å². The summed E-state index contributed by atoms with van der Waals surface area (Å²) in [5.74, 6) is 2.75. The molecule has 0 atom stereocenters. The third kappa shape index (κ3) is 4.16. The number of fused-ring (bicyclic) bond motifs is 1. The second-order valence-corrected chi connectivity index (χ2v) is 7.08. The predicted octanol–water partition coefficient (Wildman–Crippen LogP) is 2.19. The molecule has 1 aliphatic heterocycles. The van der Waals surface area contributed by atoms with E-state index in [-0.39, 0.29) is 11.7 Å². The number of pyridine rings is 2. The van der Waals surface area contributed by atoms with E-state index < -0.39 is 13.0 Å². The second kappa shape index (κ2) is 8.90. The zero-order valence-electron chi connectivity index (χ0n) is 16.9. The molecule has 8 nitrogen and oxygen atoms in total. The van der Waals surface area contributed by atoms with Gasteiger partial charge in [-0.3, -0.25) is 4.79 Å². The predicted molar refractivity (Wildman–Crippen MR) is 112 cm³/mol. The first-order chi connectivity index (χ1) is 15.5. The lowest BCUT2D eigenvalue weighted by atomic mass is 10.1. The summed E-state index contributed by atoms with van der Waals surface area (Å²) < 4.78 is 31.8. The van der Waals surface area contributed by atoms with Gasteiger partial charge in [-0.15, -0.1) is 6.42 Å². The summed E-state index contributed by atoms with van der Waals surface area (Å²) in [6, 6.07) is 7.36. The number of aromatic nitrogens is 3. The van der Waals surface area contributed by atoms with E-state index in [9.17, 15) is 18.8 Å². The van der Waals surface area contributed by atoms with Crippen molar-refractivity contribution in [3.8, 4) is 35.3 Å². The van der Waals surface area contributed by atoms with Crippen LogP contribution in [0.5, 0.6) is 5.75 Å². The summed E-state index contributed by atoms with van der Waals surface area (Å²) in [5, 5.41) is 13.6. The molecule has 0 radical (unpaired) electrons. The number of alkyl halides is 2. The minimum Gasteiger partial charge on any atom is -0.486 e. The van der Waals surface area contributed by atoms with Gasteiger partial charge in [0, 0.05) is 43.5 Å². The van der Waals surface area contributed by atoms with E-state index in [1.165, 1.54) is 16.9 Å². The lowest BCUT2D eigenvalue weighted by Gasteiger charge is -2.34. The standard InChI is InChI=1S/C22H18F2N6O2/c1-2-21(31)29-7-5-28(6-8-29)20-4-3-15(11-26-20)18-9-17(32-14-19(23)24)13-30-22(18)16(10-25)12-27-30/h1,3-4,9,11-13,19H,5-8,14H2. The van der Waals surface area contributed by atoms with Gasteiger partial charge >= 0.3 is 0 Å². The lowest BCUT2D eigenvalue weighted by Crippen LogP contribution is -2.48. The van der Waals surface area contributed by atoms with Crippen LogP contribution >= 0.6 is 0 Å². The monoisotopic (exact) mass is 436 g/mol. The Labute approximate surface area is 182 Å². The molecule has 10 heteroatoms. The summed E-state index contributed by atoms with van der Waals surface area (Å²) in [7, 11) is 0. The van der Waals surface area contributed by atoms with Crippen LogP contribution < -0.4 is 9.64 Å². The minimum absolute atomic E-state index is 0.207. The fourth-order valence-electron chi connectivity index (χ4n) is 3.60. The third-order valence-electron chi connectivity index (χ3n) is 5.16. The van der Waals surface area contributed by atoms with E-state index in [1.54, 1.807) is 17.2 Å². The van der Waals surface area contributed by atoms with Crippen LogP contribution in [-0.4, -0.2) is 64.6 Å². The van der Waals surface area contributed by atoms with Gasteiger partial charge in [0.05, 0.1) is 23.5 Å². The number of ether oxygens (including phenoxy) is 1. The van der Waals surface area contributed by atoms with Crippen LogP contribution in [0.25, 0.3) is 16.6 Å². The van der Waals surface area contributed by atoms with E-state index in [1.807, 2.05) is 17.0 Å². The van der Waals surface area contributed by atoms with Crippen LogP contribution in [0.2, 0.25) is 0 Å². The fourth-order valence-corrected chi connectivity index (χ4v) is 3.60. The Balaban J connectivity index is 1.61. The highest BCUT2D eigenvalue weighted by Gasteiger charge is 2.21. The molecule has 0 saturated carbocycles. The van der Waals surface area contributed by atoms with E-state index >= 15 is 0 Å². The first kappa shape index (κ1) is 21.1. The van der Waals surface area contributed by atoms with Crippen LogP contribution in [0.4, 0.5) is 14.6 Å². The van der Waals surface area contributed by atoms with Gasteiger partial charge < -0.3 is 14.5 Å². The topological polar surface area (TPSA) is 86.8 Å². The molecule has 1 saturated heterocycles. The van der Waals surface area contributed by atoms with Crippen LogP contribution in [-0.2, 0) is 4.79 Å². The first-order valence-electron chi connectivity index (χ1n) is 9.79. The normalized spacial score (nSPS) is 13.8. The zero-order valence-corrected chi connectivity index (χ0v) is 16.9. The number of carbonyl (C=O) groups excluding carboxylic acids is 1. The van der Waals surface area contributed by atoms with Gasteiger partial charge in [0.2, 0.25) is 0 Å². The molecule has 1 aliphatic rings. The number of hydrogen-bond acceptors (Lipinski definition) is 6. The van der Waals surface area contributed by atoms with Crippen molar-refractivity contribution >= 4 is 17.2 Å². The molecule has 32 heavy (non-hydrogen) atoms. The Bertz CT molecular complexity index is 1220. The molecule has 0 unspecified atom stereocenters. The van der Waals surface area contributed by atoms with Crippen molar-refractivity contribution in [3.63, 3.8) is 0 Å². The average Bonchev–Trinajstić information content (AvgIpc) is 3.25. The first-order valence-corrected chi connectivity index (χ1v) is 9.79. The van der Waals surface area contributed by atoms with Crippen LogP contribution in [0.1, 0.15) is 5.56 Å². The van der Waals surface area contributed by atoms with Gasteiger partial charge in [0.25, 0.3) is 12.3 Å². The molecular weight excluding hydrogens is 418 g/mol. The number of hydrogen-bond donors (Lipinski definition) is 0. The van der Waals surface area contributed by atoms with Crippen LogP contribution in [0, 0.1) is 23.7 Å². The zero-order chi connectivity index (χ0) is 22.7. The fraction of sp³-hybridized carbons (Fsp3) is 0.273. The molecule has 162 valence electrons. The Kier molecular flexibility index (Phi) is 5.86. The van der Waals surface area contributed by atoms with Crippen molar-refractivity contribution in [1.29, 1.82) is 5.26 Å². The van der Waals surface area contributed by atoms with E-state index in [0.717, 1.165) is 5.82 Å². The van der Waals surface area contributed by atoms with Gasteiger partial charge in [0.15, 0.2) is 0 Å². The van der Waals surface area contributed by atoms with Gasteiger partial charge in [0.1, 0.15) is 24.2 Å². The second-order valence-electron chi connectivity index (χ2n) is 7.08. The molecular formula is C22H18F2N6O2. The Hall–Kier alpha value is -4.18. The van der Waals surface area contributed by atoms with Crippen molar-refractivity contribution in [3.05, 3.63) is 42.4 Å². The number of halogens is 2. The highest BCUT2D eigenvalue weighted by atomic mass is 19.3. The maximum Gasteiger partial charge on any atom is 0.298 e. The van der Waals surface area contributed by atoms with Gasteiger partial charge in [-0.05, 0) is 24.1 Å². The van der Waals surface area contributed by atoms with Crippen molar-refractivity contribution < 1.29 is 18.3 Å². The summed E-state index contributed by atoms with van der Waals surface area (Å²) in [4.78, 5) is 19.8. The number of nitriles is 1. The number of rotatable bonds is 5. The number of nitrogens with zero attached hydrogens (tertiary/aromatic N) is 6. The van der Waals surface area contributed by atoms with Gasteiger partial charge in [-0.25, -0.2) is 18.3 Å². The molecule has 3 aromatic rings. The summed E-state index contributed by atoms with van der Waals surface area (Å²) >= 11 is 0. The number of anilines is 1. The molecule has 0 aliphatic carbocycles. The summed E-state index contributed by atoms with van der Waals surface area (Å²) in [5.41, 5.74) is 2.15. The third-order valence-corrected chi connectivity index (χ3v) is 5.16. The molecule has 4 rings (SSSR count). The van der Waals surface area contributed by atoms with Crippen molar-refractivity contribution in [2.75, 3.05) is 37.7 Å². The molecule has 3 aromatic heterocycles. The Morgan fingerprint density at radius 3 is 2.66 bits per heavy atom. The van der Waals surface area contributed by atoms with Crippen molar-refractivity contribution in [1.82, 2.24) is 19.5 Å². The van der Waals surface area contributed by atoms with Crippen LogP contribution in [0.15, 0.2) is 36.8 Å². The SMILES string of the molecule is C#CC(=O)N1CCN(c2ccc(-c3cc(OCC(F)F)cn4ncc(C#N)c34)cn2)CC1. The molecule has 4 heterocycles. The van der Waals surface area contributed by atoms with Crippen LogP contribution in [0.3, 0.4) is 0 Å². The Morgan fingerprint density at radius 1 is 1.25 bits per heavy atom. The Morgan fingerprint density at radius 2 is 2.03 bits per heavy atom. The summed E-state index contributed by atoms with van der Waals surface area (Å²) in [6.45, 7) is 1.48. The number of carbonyl (C=O) groups is 1. The molecule has 1 fully saturated rings. The maximum absolute atomic E-state index is 12.6. The number of terminal acetylenes is 1. The van der Waals surface area contributed by atoms with Crippen molar-refractivity contribution in [2.45, 2.75) is 6.43 Å². The molecule has 0 aromatic carbocycles. The highest BCUT2D eigenvalue weighted by molar-refractivity contribution is 5.93. The molecule has 0 N–H and O–H groups in total. The van der Waals surface area contributed by atoms with Gasteiger partial charge in [-0.2, -0.15) is 10.4 Å². The average molecular weight is 436 g/mol. The number of piperazine rings is 1. The highest BCUT2D eigenvalue weighted by Crippen LogP contribution is 2.31. The van der Waals surface area contributed by atoms with E-state index in [2.05, 4.69) is 22.1 Å². The molecule has 0 spiro atoms. The van der Waals surface area contributed by atoms with E-state index in [4.69, 9.17) is 11.2 Å². The minimum atomic E-state index is -2.61. The smallest absolute Gasteiger partial charge is 0.298 e. The molecule has 1 amide bonds. The number of amides is 1. The lowest BCUT2D eigenvalue weighted by molar-refractivity contribution is -0.125. The van der Waals surface area contributed by atoms with Gasteiger partial charge in [-0.1, -0.05) is 0 Å². The van der Waals surface area contributed by atoms with E-state index in [0.29, 0.717) is 48.4 Å². The maximum atomic E-state index is 12.6. The molecule has 0 bridgehead atoms. The summed E-state index contributed by atoms with van der Waals surface area (Å²) in [6.07, 6.45) is 7.08. The largest absolute Gasteiger partial charge is 0.486 e. The quantitative estimate of drug-likeness (QED) is 0.570.